The van der Waals surface area contributed by atoms with Crippen LogP contribution in [-0.2, 0) is 27.9 Å². The van der Waals surface area contributed by atoms with Crippen molar-refractivity contribution in [2.24, 2.45) is 0 Å². The minimum absolute atomic E-state index is 0.0214. The van der Waals surface area contributed by atoms with Crippen molar-refractivity contribution >= 4 is 10.0 Å². The fourth-order valence-corrected chi connectivity index (χ4v) is 4.91. The smallest absolute Gasteiger partial charge is 0.236 e. The summed E-state index contributed by atoms with van der Waals surface area (Å²) in [5, 5.41) is 26.1. The summed E-state index contributed by atoms with van der Waals surface area (Å²) in [6.07, 6.45) is 0.0214. The van der Waals surface area contributed by atoms with Gasteiger partial charge in [-0.2, -0.15) is 10.5 Å². The van der Waals surface area contributed by atoms with Crippen LogP contribution in [0, 0.1) is 22.7 Å². The number of rotatable bonds is 12. The lowest BCUT2D eigenvalue weighted by molar-refractivity contribution is 0.0731. The molecular formula is C28H27N7O6S. The number of pyridine rings is 1. The van der Waals surface area contributed by atoms with E-state index in [0.29, 0.717) is 45.7 Å². The van der Waals surface area contributed by atoms with Crippen molar-refractivity contribution in [1.82, 2.24) is 24.6 Å². The number of nitriles is 2. The Morgan fingerprint density at radius 3 is 2.31 bits per heavy atom. The fourth-order valence-electron chi connectivity index (χ4n) is 4.12. The number of nitrogens with zero attached hydrogens (tertiary/aromatic N) is 6. The van der Waals surface area contributed by atoms with Crippen LogP contribution in [0.15, 0.2) is 54.6 Å². The number of nitrogens with one attached hydrogen (secondary N) is 1. The number of methoxy groups -OCH3 is 3. The normalized spacial score (nSPS) is 11.8. The molecule has 0 aliphatic heterocycles. The summed E-state index contributed by atoms with van der Waals surface area (Å²) < 4.78 is 44.1. The summed E-state index contributed by atoms with van der Waals surface area (Å²) in [5.74, 6) is 1.74. The summed E-state index contributed by atoms with van der Waals surface area (Å²) in [6, 6.07) is 18.9. The van der Waals surface area contributed by atoms with Crippen LogP contribution in [0.5, 0.6) is 17.4 Å². The Hall–Kier alpha value is -5.02. The van der Waals surface area contributed by atoms with Crippen molar-refractivity contribution in [3.8, 4) is 46.7 Å². The lowest BCUT2D eigenvalue weighted by Crippen LogP contribution is -2.34. The number of sulfonamides is 1. The Morgan fingerprint density at radius 1 is 0.952 bits per heavy atom. The standard InChI is InChI=1S/C28H27N7O6S/c1-18(13-20-12-11-19(15-29)14-21(20)16-30)42(36,37)34-41-17-25-32-33-28(22-7-5-10-26(31-22)40-4)35(25)27-23(38-2)8-6-9-24(27)39-3/h5-12,14,18,34H,13,17H2,1-4H3/t18-/m0/s1. The molecule has 2 heterocycles. The summed E-state index contributed by atoms with van der Waals surface area (Å²) in [7, 11) is 0.493. The Morgan fingerprint density at radius 2 is 1.67 bits per heavy atom. The largest absolute Gasteiger partial charge is 0.494 e. The minimum Gasteiger partial charge on any atom is -0.494 e. The van der Waals surface area contributed by atoms with Crippen LogP contribution < -0.4 is 19.1 Å². The first-order chi connectivity index (χ1) is 20.3. The number of ether oxygens (including phenoxy) is 3. The maximum absolute atomic E-state index is 13.0. The Bertz CT molecular complexity index is 1750. The molecule has 0 radical (unpaired) electrons. The molecule has 42 heavy (non-hydrogen) atoms. The number of benzene rings is 2. The van der Waals surface area contributed by atoms with E-state index in [4.69, 9.17) is 24.3 Å². The Labute approximate surface area is 242 Å². The highest BCUT2D eigenvalue weighted by Gasteiger charge is 2.26. The molecule has 1 atom stereocenters. The van der Waals surface area contributed by atoms with Gasteiger partial charge in [0.05, 0.1) is 49.8 Å². The molecule has 0 aliphatic carbocycles. The molecule has 0 aliphatic rings. The molecule has 0 spiro atoms. The molecule has 0 unspecified atom stereocenters. The van der Waals surface area contributed by atoms with Gasteiger partial charge in [0, 0.05) is 6.07 Å². The van der Waals surface area contributed by atoms with Crippen LogP contribution in [0.4, 0.5) is 0 Å². The van der Waals surface area contributed by atoms with Crippen molar-refractivity contribution in [3.05, 3.63) is 77.1 Å². The van der Waals surface area contributed by atoms with Gasteiger partial charge in [-0.1, -0.05) is 23.1 Å². The lowest BCUT2D eigenvalue weighted by Gasteiger charge is -2.18. The topological polar surface area (TPSA) is 174 Å². The molecule has 4 rings (SSSR count). The first-order valence-electron chi connectivity index (χ1n) is 12.5. The third kappa shape index (κ3) is 6.31. The third-order valence-electron chi connectivity index (χ3n) is 6.29. The van der Waals surface area contributed by atoms with Crippen molar-refractivity contribution in [2.45, 2.75) is 25.2 Å². The molecule has 2 aromatic carbocycles. The maximum atomic E-state index is 13.0. The summed E-state index contributed by atoms with van der Waals surface area (Å²) in [4.78, 5) is 12.1. The van der Waals surface area contributed by atoms with Gasteiger partial charge in [0.25, 0.3) is 0 Å². The molecule has 0 bridgehead atoms. The average molecular weight is 590 g/mol. The monoisotopic (exact) mass is 589 g/mol. The molecule has 216 valence electrons. The van der Waals surface area contributed by atoms with Gasteiger partial charge in [0.1, 0.15) is 29.5 Å². The molecule has 4 aromatic rings. The number of hydrogen-bond acceptors (Lipinski definition) is 11. The second kappa shape index (κ2) is 13.1. The van der Waals surface area contributed by atoms with E-state index in [1.54, 1.807) is 47.0 Å². The maximum Gasteiger partial charge on any atom is 0.236 e. The van der Waals surface area contributed by atoms with Gasteiger partial charge in [-0.25, -0.2) is 13.4 Å². The van der Waals surface area contributed by atoms with Gasteiger partial charge in [0.15, 0.2) is 11.6 Å². The highest BCUT2D eigenvalue weighted by atomic mass is 32.2. The van der Waals surface area contributed by atoms with Gasteiger partial charge in [-0.3, -0.25) is 9.40 Å². The second-order valence-corrected chi connectivity index (χ2v) is 10.9. The van der Waals surface area contributed by atoms with E-state index in [2.05, 4.69) is 20.1 Å². The second-order valence-electron chi connectivity index (χ2n) is 8.88. The highest BCUT2D eigenvalue weighted by molar-refractivity contribution is 7.89. The van der Waals surface area contributed by atoms with Crippen molar-refractivity contribution in [3.63, 3.8) is 0 Å². The van der Waals surface area contributed by atoms with E-state index in [1.165, 1.54) is 40.4 Å². The quantitative estimate of drug-likeness (QED) is 0.240. The predicted molar refractivity (Wildman–Crippen MR) is 150 cm³/mol. The van der Waals surface area contributed by atoms with E-state index in [0.717, 1.165) is 0 Å². The Kier molecular flexibility index (Phi) is 9.34. The number of para-hydroxylation sites is 1. The van der Waals surface area contributed by atoms with Crippen molar-refractivity contribution < 1.29 is 27.5 Å². The molecule has 0 fully saturated rings. The van der Waals surface area contributed by atoms with Gasteiger partial charge < -0.3 is 14.2 Å². The van der Waals surface area contributed by atoms with Gasteiger partial charge in [-0.05, 0) is 49.2 Å². The lowest BCUT2D eigenvalue weighted by atomic mass is 10.0. The van der Waals surface area contributed by atoms with Crippen LogP contribution in [0.25, 0.3) is 17.2 Å². The van der Waals surface area contributed by atoms with Crippen molar-refractivity contribution in [1.29, 1.82) is 10.5 Å². The zero-order chi connectivity index (χ0) is 30.3. The third-order valence-corrected chi connectivity index (χ3v) is 7.87. The molecule has 0 saturated carbocycles. The minimum atomic E-state index is -4.01. The first kappa shape index (κ1) is 30.0. The van der Waals surface area contributed by atoms with Crippen molar-refractivity contribution in [2.75, 3.05) is 21.3 Å². The van der Waals surface area contributed by atoms with E-state index < -0.39 is 15.3 Å². The number of aromatic nitrogens is 4. The summed E-state index contributed by atoms with van der Waals surface area (Å²) in [5.41, 5.74) is 1.91. The number of hydrogen-bond donors (Lipinski definition) is 1. The van der Waals surface area contributed by atoms with E-state index in [1.807, 2.05) is 12.1 Å². The summed E-state index contributed by atoms with van der Waals surface area (Å²) in [6.45, 7) is 1.16. The molecule has 0 saturated heterocycles. The molecule has 13 nitrogen and oxygen atoms in total. The van der Waals surface area contributed by atoms with Gasteiger partial charge in [0.2, 0.25) is 15.9 Å². The van der Waals surface area contributed by atoms with Crippen LogP contribution in [0.1, 0.15) is 29.4 Å². The Balaban J connectivity index is 1.63. The zero-order valence-electron chi connectivity index (χ0n) is 23.2. The first-order valence-corrected chi connectivity index (χ1v) is 14.0. The zero-order valence-corrected chi connectivity index (χ0v) is 24.0. The molecule has 2 aromatic heterocycles. The van der Waals surface area contributed by atoms with Crippen LogP contribution in [0.2, 0.25) is 0 Å². The van der Waals surface area contributed by atoms with Crippen LogP contribution in [0.3, 0.4) is 0 Å². The SMILES string of the molecule is COc1cccc(-c2nnc(CONS(=O)(=O)[C@@H](C)Cc3ccc(C#N)cc3C#N)n2-c2c(OC)cccc2OC)n1. The van der Waals surface area contributed by atoms with E-state index >= 15 is 0 Å². The molecule has 14 heteroatoms. The van der Waals surface area contributed by atoms with E-state index in [-0.39, 0.29) is 24.4 Å². The summed E-state index contributed by atoms with van der Waals surface area (Å²) >= 11 is 0. The van der Waals surface area contributed by atoms with E-state index in [9.17, 15) is 13.7 Å². The molecular weight excluding hydrogens is 562 g/mol. The molecule has 0 amide bonds. The van der Waals surface area contributed by atoms with Crippen LogP contribution >= 0.6 is 0 Å². The van der Waals surface area contributed by atoms with Crippen LogP contribution in [-0.4, -0.2) is 54.7 Å². The predicted octanol–water partition coefficient (Wildman–Crippen LogP) is 3.08. The highest BCUT2D eigenvalue weighted by Crippen LogP contribution is 2.36. The van der Waals surface area contributed by atoms with Gasteiger partial charge in [-0.15, -0.1) is 10.2 Å². The van der Waals surface area contributed by atoms with Gasteiger partial charge >= 0.3 is 0 Å². The fraction of sp³-hybridized carbons (Fsp3) is 0.250. The average Bonchev–Trinajstić information content (AvgIpc) is 3.43. The molecule has 1 N–H and O–H groups in total.